The molecule has 142 valence electrons. The van der Waals surface area contributed by atoms with Gasteiger partial charge in [-0.05, 0) is 44.5 Å². The number of non-ortho nitro benzene ring substituents is 1. The van der Waals surface area contributed by atoms with Gasteiger partial charge in [-0.3, -0.25) is 14.9 Å². The van der Waals surface area contributed by atoms with Crippen LogP contribution in [0.5, 0.6) is 11.5 Å². The first-order valence-corrected chi connectivity index (χ1v) is 8.69. The number of halogens is 1. The lowest BCUT2D eigenvalue weighted by atomic mass is 10.0. The van der Waals surface area contributed by atoms with Crippen molar-refractivity contribution in [2.24, 2.45) is 0 Å². The quantitative estimate of drug-likeness (QED) is 0.570. The lowest BCUT2D eigenvalue weighted by Crippen LogP contribution is -2.45. The Balaban J connectivity index is 1.91. The Morgan fingerprint density at radius 2 is 1.89 bits per heavy atom. The zero-order valence-corrected chi connectivity index (χ0v) is 15.9. The Morgan fingerprint density at radius 1 is 1.19 bits per heavy atom. The van der Waals surface area contributed by atoms with Gasteiger partial charge in [0.05, 0.1) is 15.5 Å². The van der Waals surface area contributed by atoms with Crippen LogP contribution in [0.3, 0.4) is 0 Å². The van der Waals surface area contributed by atoms with Crippen LogP contribution in [0.15, 0.2) is 36.4 Å². The molecule has 0 fully saturated rings. The zero-order valence-electron chi connectivity index (χ0n) is 15.2. The van der Waals surface area contributed by atoms with E-state index in [4.69, 9.17) is 21.1 Å². The lowest BCUT2D eigenvalue weighted by molar-refractivity contribution is -0.384. The molecule has 1 aliphatic heterocycles. The van der Waals surface area contributed by atoms with Crippen molar-refractivity contribution in [2.75, 3.05) is 6.79 Å². The van der Waals surface area contributed by atoms with Gasteiger partial charge < -0.3 is 14.4 Å². The van der Waals surface area contributed by atoms with Crippen LogP contribution < -0.4 is 9.47 Å². The molecular formula is C19H19ClN2O5. The molecule has 2 aromatic carbocycles. The van der Waals surface area contributed by atoms with Crippen LogP contribution in [-0.2, 0) is 6.54 Å². The van der Waals surface area contributed by atoms with Gasteiger partial charge in [-0.15, -0.1) is 0 Å². The van der Waals surface area contributed by atoms with Crippen LogP contribution in [0.25, 0.3) is 0 Å². The highest BCUT2D eigenvalue weighted by Crippen LogP contribution is 2.34. The topological polar surface area (TPSA) is 81.9 Å². The fourth-order valence-electron chi connectivity index (χ4n) is 2.77. The van der Waals surface area contributed by atoms with Gasteiger partial charge in [0.25, 0.3) is 11.6 Å². The first-order chi connectivity index (χ1) is 12.7. The molecule has 0 radical (unpaired) electrons. The van der Waals surface area contributed by atoms with Crippen molar-refractivity contribution in [3.8, 4) is 11.5 Å². The van der Waals surface area contributed by atoms with E-state index in [1.165, 1.54) is 18.2 Å². The number of amides is 1. The summed E-state index contributed by atoms with van der Waals surface area (Å²) < 4.78 is 10.7. The highest BCUT2D eigenvalue weighted by molar-refractivity contribution is 6.34. The standard InChI is InChI=1S/C19H19ClN2O5/c1-19(2,3)21(10-12-4-7-16-17(8-12)27-11-26-16)18(23)14-6-5-13(22(24)25)9-15(14)20/h4-9H,10-11H2,1-3H3. The number of rotatable bonds is 4. The molecule has 0 bridgehead atoms. The number of ether oxygens (including phenoxy) is 2. The van der Waals surface area contributed by atoms with Gasteiger partial charge in [-0.2, -0.15) is 0 Å². The molecule has 0 unspecified atom stereocenters. The molecule has 0 saturated heterocycles. The van der Waals surface area contributed by atoms with Crippen molar-refractivity contribution >= 4 is 23.2 Å². The monoisotopic (exact) mass is 390 g/mol. The molecule has 27 heavy (non-hydrogen) atoms. The SMILES string of the molecule is CC(C)(C)N(Cc1ccc2c(c1)OCO2)C(=O)c1ccc([N+](=O)[O-])cc1Cl. The number of nitrogens with zero attached hydrogens (tertiary/aromatic N) is 2. The molecule has 3 rings (SSSR count). The second kappa shape index (κ2) is 7.08. The number of hydrogen-bond acceptors (Lipinski definition) is 5. The molecule has 0 aromatic heterocycles. The van der Waals surface area contributed by atoms with Crippen molar-refractivity contribution in [2.45, 2.75) is 32.9 Å². The maximum atomic E-state index is 13.1. The molecule has 0 aliphatic carbocycles. The number of hydrogen-bond donors (Lipinski definition) is 0. The zero-order chi connectivity index (χ0) is 19.8. The number of nitro benzene ring substituents is 1. The third-order valence-corrected chi connectivity index (χ3v) is 4.54. The first kappa shape index (κ1) is 19.0. The van der Waals surface area contributed by atoms with Crippen LogP contribution >= 0.6 is 11.6 Å². The maximum absolute atomic E-state index is 13.1. The highest BCUT2D eigenvalue weighted by atomic mass is 35.5. The van der Waals surface area contributed by atoms with Crippen LogP contribution in [0, 0.1) is 10.1 Å². The van der Waals surface area contributed by atoms with Crippen LogP contribution in [0.2, 0.25) is 5.02 Å². The molecule has 8 heteroatoms. The number of fused-ring (bicyclic) bond motifs is 1. The van der Waals surface area contributed by atoms with E-state index in [0.29, 0.717) is 18.0 Å². The van der Waals surface area contributed by atoms with Gasteiger partial charge in [0, 0.05) is 24.2 Å². The van der Waals surface area contributed by atoms with Gasteiger partial charge in [-0.1, -0.05) is 17.7 Å². The maximum Gasteiger partial charge on any atom is 0.270 e. The predicted octanol–water partition coefficient (Wildman–Crippen LogP) is 4.42. The lowest BCUT2D eigenvalue weighted by Gasteiger charge is -2.36. The molecule has 0 N–H and O–H groups in total. The second-order valence-electron chi connectivity index (χ2n) is 7.17. The van der Waals surface area contributed by atoms with Crippen molar-refractivity contribution in [3.05, 3.63) is 62.7 Å². The smallest absolute Gasteiger partial charge is 0.270 e. The Hall–Kier alpha value is -2.80. The molecule has 1 heterocycles. The minimum atomic E-state index is -0.547. The van der Waals surface area contributed by atoms with Gasteiger partial charge in [-0.25, -0.2) is 0 Å². The highest BCUT2D eigenvalue weighted by Gasteiger charge is 2.30. The van der Waals surface area contributed by atoms with E-state index in [2.05, 4.69) is 0 Å². The van der Waals surface area contributed by atoms with Gasteiger partial charge in [0.15, 0.2) is 11.5 Å². The van der Waals surface area contributed by atoms with Gasteiger partial charge in [0.2, 0.25) is 6.79 Å². The fourth-order valence-corrected chi connectivity index (χ4v) is 3.03. The molecule has 0 atom stereocenters. The fraction of sp³-hybridized carbons (Fsp3) is 0.316. The Bertz CT molecular complexity index is 907. The van der Waals surface area contributed by atoms with E-state index < -0.39 is 10.5 Å². The van der Waals surface area contributed by atoms with Crippen molar-refractivity contribution in [1.82, 2.24) is 4.90 Å². The largest absolute Gasteiger partial charge is 0.454 e. The number of carbonyl (C=O) groups is 1. The Kier molecular flexibility index (Phi) is 4.97. The van der Waals surface area contributed by atoms with Crippen LogP contribution in [0.4, 0.5) is 5.69 Å². The average molecular weight is 391 g/mol. The summed E-state index contributed by atoms with van der Waals surface area (Å²) in [6, 6.07) is 9.38. The summed E-state index contributed by atoms with van der Waals surface area (Å²) in [4.78, 5) is 25.2. The number of nitro groups is 1. The third-order valence-electron chi connectivity index (χ3n) is 4.23. The van der Waals surface area contributed by atoms with E-state index in [1.54, 1.807) is 4.90 Å². The molecule has 0 saturated carbocycles. The van der Waals surface area contributed by atoms with E-state index in [1.807, 2.05) is 39.0 Å². The molecule has 1 aliphatic rings. The first-order valence-electron chi connectivity index (χ1n) is 8.31. The van der Waals surface area contributed by atoms with Crippen LogP contribution in [0.1, 0.15) is 36.7 Å². The summed E-state index contributed by atoms with van der Waals surface area (Å²) in [5.74, 6) is 1.01. The van der Waals surface area contributed by atoms with Gasteiger partial charge in [0.1, 0.15) is 0 Å². The second-order valence-corrected chi connectivity index (χ2v) is 7.58. The summed E-state index contributed by atoms with van der Waals surface area (Å²) in [6.45, 7) is 6.25. The normalized spacial score (nSPS) is 12.7. The van der Waals surface area contributed by atoms with E-state index in [-0.39, 0.29) is 29.0 Å². The minimum Gasteiger partial charge on any atom is -0.454 e. The molecular weight excluding hydrogens is 372 g/mol. The van der Waals surface area contributed by atoms with E-state index in [0.717, 1.165) is 5.56 Å². The van der Waals surface area contributed by atoms with E-state index >= 15 is 0 Å². The predicted molar refractivity (Wildman–Crippen MR) is 100 cm³/mol. The van der Waals surface area contributed by atoms with Crippen molar-refractivity contribution in [1.29, 1.82) is 0 Å². The van der Waals surface area contributed by atoms with Crippen molar-refractivity contribution < 1.29 is 19.2 Å². The summed E-state index contributed by atoms with van der Waals surface area (Å²) in [5.41, 5.74) is 0.437. The summed E-state index contributed by atoms with van der Waals surface area (Å²) >= 11 is 6.15. The molecule has 0 spiro atoms. The summed E-state index contributed by atoms with van der Waals surface area (Å²) in [7, 11) is 0. The average Bonchev–Trinajstić information content (AvgIpc) is 3.05. The molecule has 1 amide bonds. The van der Waals surface area contributed by atoms with Crippen LogP contribution in [-0.4, -0.2) is 28.1 Å². The van der Waals surface area contributed by atoms with E-state index in [9.17, 15) is 14.9 Å². The molecule has 2 aromatic rings. The van der Waals surface area contributed by atoms with Gasteiger partial charge >= 0.3 is 0 Å². The van der Waals surface area contributed by atoms with Crippen molar-refractivity contribution in [3.63, 3.8) is 0 Å². The third kappa shape index (κ3) is 3.98. The minimum absolute atomic E-state index is 0.0501. The Morgan fingerprint density at radius 3 is 2.52 bits per heavy atom. The summed E-state index contributed by atoms with van der Waals surface area (Å²) in [5, 5.41) is 10.9. The Labute approximate surface area is 161 Å². The number of carbonyl (C=O) groups excluding carboxylic acids is 1. The molecule has 7 nitrogen and oxygen atoms in total. The number of benzene rings is 2. The summed E-state index contributed by atoms with van der Waals surface area (Å²) in [6.07, 6.45) is 0.